The highest BCUT2D eigenvalue weighted by Crippen LogP contribution is 2.24. The van der Waals surface area contributed by atoms with Crippen LogP contribution in [0.2, 0.25) is 0 Å². The summed E-state index contributed by atoms with van der Waals surface area (Å²) in [5, 5.41) is 0. The molecular weight excluding hydrogens is 210 g/mol. The fraction of sp³-hybridized carbons (Fsp3) is 0.643. The monoisotopic (exact) mass is 235 g/mol. The molecular formula is C14H25N3. The highest BCUT2D eigenvalue weighted by molar-refractivity contribution is 5.09. The molecule has 96 valence electrons. The molecule has 0 aliphatic rings. The number of rotatable bonds is 7. The van der Waals surface area contributed by atoms with Crippen molar-refractivity contribution in [2.24, 2.45) is 5.73 Å². The van der Waals surface area contributed by atoms with E-state index in [0.717, 1.165) is 19.4 Å². The molecule has 3 heteroatoms. The molecule has 1 aromatic heterocycles. The van der Waals surface area contributed by atoms with Gasteiger partial charge in [-0.1, -0.05) is 26.3 Å². The third-order valence-electron chi connectivity index (χ3n) is 3.71. The van der Waals surface area contributed by atoms with E-state index >= 15 is 0 Å². The molecule has 0 amide bonds. The van der Waals surface area contributed by atoms with Gasteiger partial charge in [0.15, 0.2) is 0 Å². The fourth-order valence-electron chi connectivity index (χ4n) is 2.44. The Balaban J connectivity index is 2.75. The SMILES string of the molecule is CCCC(CC)(CN)N(C)Cc1cccnc1. The van der Waals surface area contributed by atoms with E-state index in [1.807, 2.05) is 18.5 Å². The van der Waals surface area contributed by atoms with Crippen LogP contribution in [0.1, 0.15) is 38.7 Å². The number of aromatic nitrogens is 1. The zero-order chi connectivity index (χ0) is 12.7. The maximum absolute atomic E-state index is 6.00. The summed E-state index contributed by atoms with van der Waals surface area (Å²) in [6, 6.07) is 4.10. The van der Waals surface area contributed by atoms with Crippen LogP contribution in [0, 0.1) is 0 Å². The summed E-state index contributed by atoms with van der Waals surface area (Å²) in [5.41, 5.74) is 7.38. The van der Waals surface area contributed by atoms with Crippen molar-refractivity contribution in [3.05, 3.63) is 30.1 Å². The molecule has 0 saturated carbocycles. The molecule has 1 atom stereocenters. The van der Waals surface area contributed by atoms with Crippen molar-refractivity contribution in [2.45, 2.75) is 45.2 Å². The summed E-state index contributed by atoms with van der Waals surface area (Å²) in [7, 11) is 2.17. The summed E-state index contributed by atoms with van der Waals surface area (Å²) in [6.07, 6.45) is 7.15. The number of likely N-dealkylation sites (N-methyl/N-ethyl adjacent to an activating group) is 1. The Morgan fingerprint density at radius 2 is 2.18 bits per heavy atom. The van der Waals surface area contributed by atoms with Crippen molar-refractivity contribution in [3.63, 3.8) is 0 Å². The zero-order valence-electron chi connectivity index (χ0n) is 11.3. The summed E-state index contributed by atoms with van der Waals surface area (Å²) in [5.74, 6) is 0. The average molecular weight is 235 g/mol. The lowest BCUT2D eigenvalue weighted by Gasteiger charge is -2.40. The lowest BCUT2D eigenvalue weighted by molar-refractivity contribution is 0.101. The molecule has 0 aliphatic carbocycles. The van der Waals surface area contributed by atoms with E-state index in [0.29, 0.717) is 6.54 Å². The standard InChI is InChI=1S/C14H25N3/c1-4-8-14(5-2,12-15)17(3)11-13-7-6-9-16-10-13/h6-7,9-10H,4-5,8,11-12,15H2,1-3H3. The van der Waals surface area contributed by atoms with Gasteiger partial charge in [-0.15, -0.1) is 0 Å². The molecule has 0 radical (unpaired) electrons. The molecule has 1 rings (SSSR count). The first kappa shape index (κ1) is 14.1. The van der Waals surface area contributed by atoms with Gasteiger partial charge in [0.05, 0.1) is 0 Å². The van der Waals surface area contributed by atoms with Crippen molar-refractivity contribution >= 4 is 0 Å². The van der Waals surface area contributed by atoms with Gasteiger partial charge in [0, 0.05) is 31.0 Å². The first-order valence-electron chi connectivity index (χ1n) is 6.48. The van der Waals surface area contributed by atoms with Gasteiger partial charge in [-0.05, 0) is 31.5 Å². The summed E-state index contributed by atoms with van der Waals surface area (Å²) < 4.78 is 0. The number of hydrogen-bond acceptors (Lipinski definition) is 3. The van der Waals surface area contributed by atoms with Crippen LogP contribution in [0.4, 0.5) is 0 Å². The maximum atomic E-state index is 6.00. The van der Waals surface area contributed by atoms with Crippen LogP contribution in [-0.2, 0) is 6.54 Å². The van der Waals surface area contributed by atoms with Gasteiger partial charge >= 0.3 is 0 Å². The predicted molar refractivity (Wildman–Crippen MR) is 72.7 cm³/mol. The van der Waals surface area contributed by atoms with Crippen molar-refractivity contribution in [2.75, 3.05) is 13.6 Å². The quantitative estimate of drug-likeness (QED) is 0.789. The molecule has 1 heterocycles. The lowest BCUT2D eigenvalue weighted by atomic mass is 9.88. The van der Waals surface area contributed by atoms with Crippen molar-refractivity contribution in [1.82, 2.24) is 9.88 Å². The van der Waals surface area contributed by atoms with Gasteiger partial charge in [0.25, 0.3) is 0 Å². The molecule has 0 aromatic carbocycles. The van der Waals surface area contributed by atoms with Crippen molar-refractivity contribution in [3.8, 4) is 0 Å². The summed E-state index contributed by atoms with van der Waals surface area (Å²) in [6.45, 7) is 6.08. The molecule has 0 spiro atoms. The normalized spacial score (nSPS) is 14.9. The Labute approximate surface area is 105 Å². The van der Waals surface area contributed by atoms with Crippen LogP contribution in [0.5, 0.6) is 0 Å². The fourth-order valence-corrected chi connectivity index (χ4v) is 2.44. The highest BCUT2D eigenvalue weighted by atomic mass is 15.2. The minimum absolute atomic E-state index is 0.130. The second kappa shape index (κ2) is 6.72. The van der Waals surface area contributed by atoms with Crippen LogP contribution in [-0.4, -0.2) is 29.0 Å². The lowest BCUT2D eigenvalue weighted by Crippen LogP contribution is -2.51. The minimum atomic E-state index is 0.130. The molecule has 3 nitrogen and oxygen atoms in total. The molecule has 0 fully saturated rings. The van der Waals surface area contributed by atoms with Crippen molar-refractivity contribution < 1.29 is 0 Å². The Morgan fingerprint density at radius 1 is 1.41 bits per heavy atom. The second-order valence-electron chi connectivity index (χ2n) is 4.75. The topological polar surface area (TPSA) is 42.1 Å². The maximum Gasteiger partial charge on any atom is 0.0329 e. The number of nitrogens with zero attached hydrogens (tertiary/aromatic N) is 2. The Bertz CT molecular complexity index is 307. The molecule has 0 aliphatic heterocycles. The molecule has 17 heavy (non-hydrogen) atoms. The van der Waals surface area contributed by atoms with Gasteiger partial charge in [0.2, 0.25) is 0 Å². The molecule has 1 unspecified atom stereocenters. The van der Waals surface area contributed by atoms with Crippen LogP contribution in [0.15, 0.2) is 24.5 Å². The summed E-state index contributed by atoms with van der Waals surface area (Å²) in [4.78, 5) is 6.54. The molecule has 2 N–H and O–H groups in total. The Hall–Kier alpha value is -0.930. The van der Waals surface area contributed by atoms with Gasteiger partial charge < -0.3 is 5.73 Å². The van der Waals surface area contributed by atoms with E-state index in [9.17, 15) is 0 Å². The smallest absolute Gasteiger partial charge is 0.0329 e. The van der Waals surface area contributed by atoms with E-state index in [-0.39, 0.29) is 5.54 Å². The zero-order valence-corrected chi connectivity index (χ0v) is 11.3. The number of pyridine rings is 1. The largest absolute Gasteiger partial charge is 0.329 e. The average Bonchev–Trinajstić information content (AvgIpc) is 2.37. The van der Waals surface area contributed by atoms with Gasteiger partial charge in [0.1, 0.15) is 0 Å². The first-order chi connectivity index (χ1) is 8.18. The van der Waals surface area contributed by atoms with Gasteiger partial charge in [-0.2, -0.15) is 0 Å². The van der Waals surface area contributed by atoms with E-state index in [1.165, 1.54) is 12.0 Å². The van der Waals surface area contributed by atoms with Crippen LogP contribution in [0.25, 0.3) is 0 Å². The third kappa shape index (κ3) is 3.51. The number of hydrogen-bond donors (Lipinski definition) is 1. The summed E-state index contributed by atoms with van der Waals surface area (Å²) >= 11 is 0. The van der Waals surface area contributed by atoms with Gasteiger partial charge in [-0.3, -0.25) is 9.88 Å². The van der Waals surface area contributed by atoms with Gasteiger partial charge in [-0.25, -0.2) is 0 Å². The minimum Gasteiger partial charge on any atom is -0.329 e. The van der Waals surface area contributed by atoms with E-state index in [2.05, 4.69) is 36.8 Å². The first-order valence-corrected chi connectivity index (χ1v) is 6.48. The molecule has 0 saturated heterocycles. The third-order valence-corrected chi connectivity index (χ3v) is 3.71. The van der Waals surface area contributed by atoms with Crippen LogP contribution in [0.3, 0.4) is 0 Å². The highest BCUT2D eigenvalue weighted by Gasteiger charge is 2.30. The van der Waals surface area contributed by atoms with Crippen molar-refractivity contribution in [1.29, 1.82) is 0 Å². The second-order valence-corrected chi connectivity index (χ2v) is 4.75. The van der Waals surface area contributed by atoms with E-state index in [1.54, 1.807) is 0 Å². The van der Waals surface area contributed by atoms with E-state index in [4.69, 9.17) is 5.73 Å². The predicted octanol–water partition coefficient (Wildman–Crippen LogP) is 2.42. The Kier molecular flexibility index (Phi) is 5.59. The van der Waals surface area contributed by atoms with Crippen LogP contribution >= 0.6 is 0 Å². The molecule has 1 aromatic rings. The Morgan fingerprint density at radius 3 is 2.65 bits per heavy atom. The number of nitrogens with two attached hydrogens (primary N) is 1. The molecule has 0 bridgehead atoms. The van der Waals surface area contributed by atoms with E-state index < -0.39 is 0 Å². The van der Waals surface area contributed by atoms with Crippen LogP contribution < -0.4 is 5.73 Å².